The minimum absolute atomic E-state index is 0.0857. The van der Waals surface area contributed by atoms with E-state index in [0.29, 0.717) is 19.5 Å². The van der Waals surface area contributed by atoms with Gasteiger partial charge in [0.1, 0.15) is 5.82 Å². The van der Waals surface area contributed by atoms with Crippen molar-refractivity contribution in [2.24, 2.45) is 0 Å². The van der Waals surface area contributed by atoms with Crippen LogP contribution in [-0.4, -0.2) is 24.9 Å². The molecule has 0 radical (unpaired) electrons. The molecule has 0 aliphatic rings. The summed E-state index contributed by atoms with van der Waals surface area (Å²) in [4.78, 5) is 24.3. The molecule has 2 amide bonds. The Kier molecular flexibility index (Phi) is 5.45. The van der Waals surface area contributed by atoms with Gasteiger partial charge in [-0.25, -0.2) is 4.39 Å². The second kappa shape index (κ2) is 7.54. The van der Waals surface area contributed by atoms with Crippen LogP contribution in [0, 0.1) is 5.82 Å². The standard InChI is InChI=1S/C15H15FN2O2S/c16-12-4-1-3-11(9-12)15(20)18-7-6-17-14(19)10-13-5-2-8-21-13/h1-5,8-9H,6-7,10H2,(H,17,19)(H,18,20). The SMILES string of the molecule is O=C(Cc1cccs1)NCCNC(=O)c1cccc(F)c1. The van der Waals surface area contributed by atoms with Crippen LogP contribution in [0.2, 0.25) is 0 Å². The Labute approximate surface area is 126 Å². The molecule has 4 nitrogen and oxygen atoms in total. The zero-order valence-electron chi connectivity index (χ0n) is 11.3. The third-order valence-corrected chi connectivity index (χ3v) is 3.61. The van der Waals surface area contributed by atoms with Crippen LogP contribution in [0.3, 0.4) is 0 Å². The molecule has 1 aromatic carbocycles. The zero-order chi connectivity index (χ0) is 15.1. The smallest absolute Gasteiger partial charge is 0.251 e. The van der Waals surface area contributed by atoms with E-state index in [-0.39, 0.29) is 17.4 Å². The topological polar surface area (TPSA) is 58.2 Å². The Morgan fingerprint density at radius 1 is 1.10 bits per heavy atom. The summed E-state index contributed by atoms with van der Waals surface area (Å²) < 4.78 is 13.0. The zero-order valence-corrected chi connectivity index (χ0v) is 12.1. The van der Waals surface area contributed by atoms with Crippen LogP contribution in [-0.2, 0) is 11.2 Å². The van der Waals surface area contributed by atoms with Gasteiger partial charge in [-0.15, -0.1) is 11.3 Å². The maximum atomic E-state index is 13.0. The molecule has 0 aliphatic heterocycles. The lowest BCUT2D eigenvalue weighted by molar-refractivity contribution is -0.120. The second-order valence-electron chi connectivity index (χ2n) is 4.37. The van der Waals surface area contributed by atoms with Crippen LogP contribution in [0.25, 0.3) is 0 Å². The number of amides is 2. The highest BCUT2D eigenvalue weighted by atomic mass is 32.1. The van der Waals surface area contributed by atoms with Crippen LogP contribution in [0.15, 0.2) is 41.8 Å². The maximum absolute atomic E-state index is 13.0. The summed E-state index contributed by atoms with van der Waals surface area (Å²) in [5, 5.41) is 7.26. The number of carbonyl (C=O) groups excluding carboxylic acids is 2. The Hall–Kier alpha value is -2.21. The highest BCUT2D eigenvalue weighted by Gasteiger charge is 2.06. The summed E-state index contributed by atoms with van der Waals surface area (Å²) in [6.45, 7) is 0.636. The van der Waals surface area contributed by atoms with Gasteiger partial charge in [-0.3, -0.25) is 9.59 Å². The Morgan fingerprint density at radius 2 is 1.90 bits per heavy atom. The fourth-order valence-corrected chi connectivity index (χ4v) is 2.45. The number of hydrogen-bond donors (Lipinski definition) is 2. The van der Waals surface area contributed by atoms with Crippen molar-refractivity contribution in [2.75, 3.05) is 13.1 Å². The van der Waals surface area contributed by atoms with E-state index in [0.717, 1.165) is 4.88 Å². The van der Waals surface area contributed by atoms with Crippen LogP contribution < -0.4 is 10.6 Å². The highest BCUT2D eigenvalue weighted by Crippen LogP contribution is 2.08. The third kappa shape index (κ3) is 5.00. The lowest BCUT2D eigenvalue weighted by atomic mass is 10.2. The minimum Gasteiger partial charge on any atom is -0.354 e. The minimum atomic E-state index is -0.452. The molecule has 0 aliphatic carbocycles. The van der Waals surface area contributed by atoms with Gasteiger partial charge < -0.3 is 10.6 Å². The molecule has 0 saturated heterocycles. The van der Waals surface area contributed by atoms with Crippen LogP contribution in [0.5, 0.6) is 0 Å². The van der Waals surface area contributed by atoms with Crippen molar-refractivity contribution in [1.82, 2.24) is 10.6 Å². The number of nitrogens with one attached hydrogen (secondary N) is 2. The predicted molar refractivity (Wildman–Crippen MR) is 79.8 cm³/mol. The Bertz CT molecular complexity index is 614. The van der Waals surface area contributed by atoms with E-state index >= 15 is 0 Å². The van der Waals surface area contributed by atoms with Crippen molar-refractivity contribution >= 4 is 23.2 Å². The molecular formula is C15H15FN2O2S. The van der Waals surface area contributed by atoms with Crippen LogP contribution >= 0.6 is 11.3 Å². The molecule has 110 valence electrons. The molecule has 1 aromatic heterocycles. The monoisotopic (exact) mass is 306 g/mol. The number of rotatable bonds is 6. The Balaban J connectivity index is 1.67. The van der Waals surface area contributed by atoms with E-state index in [1.807, 2.05) is 17.5 Å². The van der Waals surface area contributed by atoms with Crippen molar-refractivity contribution in [1.29, 1.82) is 0 Å². The van der Waals surface area contributed by atoms with Gasteiger partial charge in [0.15, 0.2) is 0 Å². The first-order valence-corrected chi connectivity index (χ1v) is 7.36. The van der Waals surface area contributed by atoms with E-state index in [9.17, 15) is 14.0 Å². The molecule has 0 unspecified atom stereocenters. The maximum Gasteiger partial charge on any atom is 0.251 e. The van der Waals surface area contributed by atoms with Crippen molar-refractivity contribution in [3.8, 4) is 0 Å². The van der Waals surface area contributed by atoms with Crippen molar-refractivity contribution in [3.05, 3.63) is 58.0 Å². The molecule has 2 rings (SSSR count). The average Bonchev–Trinajstić information content (AvgIpc) is 2.96. The largest absolute Gasteiger partial charge is 0.354 e. The fraction of sp³-hybridized carbons (Fsp3) is 0.200. The molecule has 21 heavy (non-hydrogen) atoms. The number of thiophene rings is 1. The van der Waals surface area contributed by atoms with E-state index in [1.54, 1.807) is 0 Å². The molecule has 2 N–H and O–H groups in total. The van der Waals surface area contributed by atoms with Gasteiger partial charge in [-0.1, -0.05) is 12.1 Å². The fourth-order valence-electron chi connectivity index (χ4n) is 1.74. The molecule has 0 spiro atoms. The first kappa shape index (κ1) is 15.2. The van der Waals surface area contributed by atoms with Gasteiger partial charge in [-0.2, -0.15) is 0 Å². The van der Waals surface area contributed by atoms with Crippen LogP contribution in [0.1, 0.15) is 15.2 Å². The van der Waals surface area contributed by atoms with Crippen molar-refractivity contribution in [2.45, 2.75) is 6.42 Å². The van der Waals surface area contributed by atoms with Gasteiger partial charge >= 0.3 is 0 Å². The molecule has 6 heteroatoms. The third-order valence-electron chi connectivity index (χ3n) is 2.73. The summed E-state index contributed by atoms with van der Waals surface area (Å²) in [6.07, 6.45) is 0.343. The lowest BCUT2D eigenvalue weighted by Crippen LogP contribution is -2.35. The molecular weight excluding hydrogens is 291 g/mol. The average molecular weight is 306 g/mol. The number of hydrogen-bond acceptors (Lipinski definition) is 3. The van der Waals surface area contributed by atoms with Gasteiger partial charge in [-0.05, 0) is 29.6 Å². The summed E-state index contributed by atoms with van der Waals surface area (Å²) in [7, 11) is 0. The lowest BCUT2D eigenvalue weighted by Gasteiger charge is -2.07. The van der Waals surface area contributed by atoms with Gasteiger partial charge in [0.2, 0.25) is 5.91 Å². The predicted octanol–water partition coefficient (Wildman–Crippen LogP) is 1.98. The number of carbonyl (C=O) groups is 2. The molecule has 0 atom stereocenters. The normalized spacial score (nSPS) is 10.1. The van der Waals surface area contributed by atoms with E-state index < -0.39 is 5.82 Å². The van der Waals surface area contributed by atoms with Crippen LogP contribution in [0.4, 0.5) is 4.39 Å². The first-order chi connectivity index (χ1) is 10.1. The molecule has 0 fully saturated rings. The van der Waals surface area contributed by atoms with E-state index in [4.69, 9.17) is 0 Å². The van der Waals surface area contributed by atoms with Crippen molar-refractivity contribution < 1.29 is 14.0 Å². The molecule has 2 aromatic rings. The van der Waals surface area contributed by atoms with E-state index in [2.05, 4.69) is 10.6 Å². The van der Waals surface area contributed by atoms with Gasteiger partial charge in [0.05, 0.1) is 6.42 Å². The summed E-state index contributed by atoms with van der Waals surface area (Å²) >= 11 is 1.53. The highest BCUT2D eigenvalue weighted by molar-refractivity contribution is 7.10. The summed E-state index contributed by atoms with van der Waals surface area (Å²) in [5.41, 5.74) is 0.264. The van der Waals surface area contributed by atoms with E-state index in [1.165, 1.54) is 35.6 Å². The number of halogens is 1. The molecule has 0 saturated carbocycles. The molecule has 0 bridgehead atoms. The summed E-state index contributed by atoms with van der Waals surface area (Å²) in [5.74, 6) is -0.897. The second-order valence-corrected chi connectivity index (χ2v) is 5.40. The quantitative estimate of drug-likeness (QED) is 0.802. The van der Waals surface area contributed by atoms with Gasteiger partial charge in [0, 0.05) is 23.5 Å². The number of benzene rings is 1. The van der Waals surface area contributed by atoms with Gasteiger partial charge in [0.25, 0.3) is 5.91 Å². The molecule has 1 heterocycles. The Morgan fingerprint density at radius 3 is 2.62 bits per heavy atom. The first-order valence-electron chi connectivity index (χ1n) is 6.48. The van der Waals surface area contributed by atoms with Crippen molar-refractivity contribution in [3.63, 3.8) is 0 Å². The summed E-state index contributed by atoms with van der Waals surface area (Å²) in [6, 6.07) is 9.26.